The number of hydrogen-bond acceptors (Lipinski definition) is 3. The van der Waals surface area contributed by atoms with E-state index in [0.717, 1.165) is 0 Å². The van der Waals surface area contributed by atoms with E-state index in [2.05, 4.69) is 0 Å². The molecule has 1 unspecified atom stereocenters. The van der Waals surface area contributed by atoms with Crippen molar-refractivity contribution < 1.29 is 15.0 Å². The second kappa shape index (κ2) is 5.11. The number of nitrogens with zero attached hydrogens (tertiary/aromatic N) is 1. The Morgan fingerprint density at radius 3 is 2.33 bits per heavy atom. The molecule has 0 aromatic carbocycles. The van der Waals surface area contributed by atoms with Gasteiger partial charge in [-0.05, 0) is 20.9 Å². The zero-order valence-corrected chi connectivity index (χ0v) is 7.82. The molecule has 0 aliphatic rings. The molecule has 0 spiro atoms. The van der Waals surface area contributed by atoms with Crippen LogP contribution in [-0.4, -0.2) is 46.8 Å². The molecule has 12 heavy (non-hydrogen) atoms. The van der Waals surface area contributed by atoms with Crippen LogP contribution >= 0.6 is 0 Å². The molecule has 2 N–H and O–H groups in total. The normalized spacial score (nSPS) is 13.8. The Morgan fingerprint density at radius 1 is 1.50 bits per heavy atom. The number of aliphatic carboxylic acids is 1. The third kappa shape index (κ3) is 5.09. The lowest BCUT2D eigenvalue weighted by molar-refractivity contribution is -0.139. The van der Waals surface area contributed by atoms with E-state index in [4.69, 9.17) is 5.11 Å². The first-order chi connectivity index (χ1) is 5.43. The van der Waals surface area contributed by atoms with Crippen LogP contribution < -0.4 is 0 Å². The fraction of sp³-hybridized carbons (Fsp3) is 0.875. The SMILES string of the molecule is CC(C)N(C)CC(O)CC(=O)O. The first kappa shape index (κ1) is 11.4. The fourth-order valence-electron chi connectivity index (χ4n) is 0.809. The third-order valence-electron chi connectivity index (χ3n) is 1.79. The maximum absolute atomic E-state index is 10.2. The summed E-state index contributed by atoms with van der Waals surface area (Å²) < 4.78 is 0. The highest BCUT2D eigenvalue weighted by atomic mass is 16.4. The number of aliphatic hydroxyl groups is 1. The summed E-state index contributed by atoms with van der Waals surface area (Å²) in [5.74, 6) is -0.959. The van der Waals surface area contributed by atoms with Crippen molar-refractivity contribution in [3.63, 3.8) is 0 Å². The van der Waals surface area contributed by atoms with Crippen molar-refractivity contribution in [3.05, 3.63) is 0 Å². The minimum absolute atomic E-state index is 0.183. The van der Waals surface area contributed by atoms with Crippen molar-refractivity contribution in [1.82, 2.24) is 4.90 Å². The Kier molecular flexibility index (Phi) is 4.85. The standard InChI is InChI=1S/C8H17NO3/c1-6(2)9(3)5-7(10)4-8(11)12/h6-7,10H,4-5H2,1-3H3,(H,11,12). The number of aliphatic hydroxyl groups excluding tert-OH is 1. The molecule has 1 atom stereocenters. The Hall–Kier alpha value is -0.610. The lowest BCUT2D eigenvalue weighted by Crippen LogP contribution is -2.35. The zero-order valence-electron chi connectivity index (χ0n) is 7.82. The predicted octanol–water partition coefficient (Wildman–Crippen LogP) is 0.162. The summed E-state index contributed by atoms with van der Waals surface area (Å²) in [6.45, 7) is 4.39. The molecule has 0 aliphatic heterocycles. The second-order valence-corrected chi connectivity index (χ2v) is 3.29. The van der Waals surface area contributed by atoms with Crippen LogP contribution in [0.25, 0.3) is 0 Å². The lowest BCUT2D eigenvalue weighted by Gasteiger charge is -2.23. The van der Waals surface area contributed by atoms with Gasteiger partial charge in [-0.1, -0.05) is 0 Å². The average molecular weight is 175 g/mol. The van der Waals surface area contributed by atoms with Gasteiger partial charge in [0.2, 0.25) is 0 Å². The number of carboxylic acid groups (broad SMARTS) is 1. The van der Waals surface area contributed by atoms with Gasteiger partial charge >= 0.3 is 5.97 Å². The summed E-state index contributed by atoms with van der Waals surface area (Å²) in [4.78, 5) is 12.1. The van der Waals surface area contributed by atoms with E-state index in [1.54, 1.807) is 0 Å². The smallest absolute Gasteiger partial charge is 0.306 e. The molecule has 0 saturated carbocycles. The lowest BCUT2D eigenvalue weighted by atomic mass is 10.2. The molecule has 0 aromatic rings. The molecule has 0 fully saturated rings. The van der Waals surface area contributed by atoms with Gasteiger partial charge in [-0.2, -0.15) is 0 Å². The van der Waals surface area contributed by atoms with Crippen LogP contribution in [-0.2, 0) is 4.79 Å². The van der Waals surface area contributed by atoms with E-state index < -0.39 is 12.1 Å². The van der Waals surface area contributed by atoms with Crippen LogP contribution in [0.1, 0.15) is 20.3 Å². The van der Waals surface area contributed by atoms with Gasteiger partial charge in [0.15, 0.2) is 0 Å². The fourth-order valence-corrected chi connectivity index (χ4v) is 0.809. The van der Waals surface area contributed by atoms with Crippen molar-refractivity contribution in [2.45, 2.75) is 32.4 Å². The number of rotatable bonds is 5. The van der Waals surface area contributed by atoms with Crippen molar-refractivity contribution in [2.75, 3.05) is 13.6 Å². The zero-order chi connectivity index (χ0) is 9.72. The molecular weight excluding hydrogens is 158 g/mol. The second-order valence-electron chi connectivity index (χ2n) is 3.29. The number of carboxylic acids is 1. The quantitative estimate of drug-likeness (QED) is 0.625. The minimum Gasteiger partial charge on any atom is -0.481 e. The molecule has 72 valence electrons. The van der Waals surface area contributed by atoms with Gasteiger partial charge in [0.1, 0.15) is 0 Å². The monoisotopic (exact) mass is 175 g/mol. The van der Waals surface area contributed by atoms with Gasteiger partial charge in [0.25, 0.3) is 0 Å². The third-order valence-corrected chi connectivity index (χ3v) is 1.79. The van der Waals surface area contributed by atoms with Crippen molar-refractivity contribution >= 4 is 5.97 Å². The van der Waals surface area contributed by atoms with Gasteiger partial charge in [0, 0.05) is 12.6 Å². The van der Waals surface area contributed by atoms with Crippen molar-refractivity contribution in [3.8, 4) is 0 Å². The highest BCUT2D eigenvalue weighted by Crippen LogP contribution is 1.99. The van der Waals surface area contributed by atoms with Crippen LogP contribution in [0.4, 0.5) is 0 Å². The van der Waals surface area contributed by atoms with Gasteiger partial charge < -0.3 is 15.1 Å². The predicted molar refractivity (Wildman–Crippen MR) is 46.0 cm³/mol. The van der Waals surface area contributed by atoms with E-state index in [0.29, 0.717) is 12.6 Å². The molecule has 0 amide bonds. The van der Waals surface area contributed by atoms with Crippen LogP contribution in [0.3, 0.4) is 0 Å². The van der Waals surface area contributed by atoms with Crippen molar-refractivity contribution in [1.29, 1.82) is 0 Å². The van der Waals surface area contributed by atoms with Gasteiger partial charge in [-0.15, -0.1) is 0 Å². The molecule has 0 aliphatic carbocycles. The number of likely N-dealkylation sites (N-methyl/N-ethyl adjacent to an activating group) is 1. The molecule has 0 heterocycles. The van der Waals surface area contributed by atoms with Gasteiger partial charge in [-0.3, -0.25) is 4.79 Å². The topological polar surface area (TPSA) is 60.8 Å². The summed E-state index contributed by atoms with van der Waals surface area (Å²) >= 11 is 0. The molecule has 0 saturated heterocycles. The van der Waals surface area contributed by atoms with Crippen LogP contribution in [0.2, 0.25) is 0 Å². The Labute approximate surface area is 72.8 Å². The number of carbonyl (C=O) groups is 1. The molecule has 0 radical (unpaired) electrons. The first-order valence-electron chi connectivity index (χ1n) is 4.03. The number of hydrogen-bond donors (Lipinski definition) is 2. The maximum Gasteiger partial charge on any atom is 0.306 e. The molecular formula is C8H17NO3. The maximum atomic E-state index is 10.2. The summed E-state index contributed by atoms with van der Waals surface area (Å²) in [6, 6.07) is 0.327. The van der Waals surface area contributed by atoms with E-state index in [1.807, 2.05) is 25.8 Å². The Morgan fingerprint density at radius 2 is 2.00 bits per heavy atom. The van der Waals surface area contributed by atoms with Crippen LogP contribution in [0.15, 0.2) is 0 Å². The van der Waals surface area contributed by atoms with Crippen LogP contribution in [0, 0.1) is 0 Å². The molecule has 0 bridgehead atoms. The van der Waals surface area contributed by atoms with Gasteiger partial charge in [-0.25, -0.2) is 0 Å². The summed E-state index contributed by atoms with van der Waals surface area (Å²) in [6.07, 6.45) is -0.952. The van der Waals surface area contributed by atoms with Gasteiger partial charge in [0.05, 0.1) is 12.5 Å². The summed E-state index contributed by atoms with van der Waals surface area (Å²) in [5.41, 5.74) is 0. The Balaban J connectivity index is 3.68. The summed E-state index contributed by atoms with van der Waals surface area (Å²) in [7, 11) is 1.86. The van der Waals surface area contributed by atoms with Crippen LogP contribution in [0.5, 0.6) is 0 Å². The average Bonchev–Trinajstić information content (AvgIpc) is 1.84. The highest BCUT2D eigenvalue weighted by molar-refractivity contribution is 5.67. The first-order valence-corrected chi connectivity index (χ1v) is 4.03. The molecule has 0 rings (SSSR count). The largest absolute Gasteiger partial charge is 0.481 e. The summed E-state index contributed by atoms with van der Waals surface area (Å²) in [5, 5.41) is 17.6. The molecule has 4 heteroatoms. The van der Waals surface area contributed by atoms with E-state index >= 15 is 0 Å². The van der Waals surface area contributed by atoms with E-state index in [-0.39, 0.29) is 6.42 Å². The molecule has 4 nitrogen and oxygen atoms in total. The van der Waals surface area contributed by atoms with E-state index in [9.17, 15) is 9.90 Å². The van der Waals surface area contributed by atoms with E-state index in [1.165, 1.54) is 0 Å². The molecule has 0 aromatic heterocycles. The van der Waals surface area contributed by atoms with Crippen molar-refractivity contribution in [2.24, 2.45) is 0 Å². The highest BCUT2D eigenvalue weighted by Gasteiger charge is 2.13. The minimum atomic E-state index is -0.959. The Bertz CT molecular complexity index is 147.